The Balaban J connectivity index is 2.33. The number of anilines is 1. The van der Waals surface area contributed by atoms with Crippen LogP contribution in [0.15, 0.2) is 42.5 Å². The van der Waals surface area contributed by atoms with Crippen molar-refractivity contribution in [3.63, 3.8) is 0 Å². The van der Waals surface area contributed by atoms with Gasteiger partial charge in [-0.25, -0.2) is 4.79 Å². The van der Waals surface area contributed by atoms with E-state index in [1.165, 1.54) is 6.07 Å². The SMILES string of the molecule is Cc1cccc(NC(=O)c2cccc(Cl)c2)c1C(=O)O. The normalized spacial score (nSPS) is 10.1. The average Bonchev–Trinajstić information content (AvgIpc) is 2.38. The molecule has 20 heavy (non-hydrogen) atoms. The molecule has 0 atom stereocenters. The Bertz CT molecular complexity index is 683. The van der Waals surface area contributed by atoms with Gasteiger partial charge in [-0.05, 0) is 36.8 Å². The lowest BCUT2D eigenvalue weighted by molar-refractivity contribution is 0.0697. The highest BCUT2D eigenvalue weighted by Crippen LogP contribution is 2.21. The first-order chi connectivity index (χ1) is 9.49. The van der Waals surface area contributed by atoms with Gasteiger partial charge >= 0.3 is 5.97 Å². The molecule has 0 saturated carbocycles. The Labute approximate surface area is 121 Å². The van der Waals surface area contributed by atoms with Crippen LogP contribution >= 0.6 is 11.6 Å². The van der Waals surface area contributed by atoms with Gasteiger partial charge in [0.05, 0.1) is 11.3 Å². The minimum Gasteiger partial charge on any atom is -0.478 e. The van der Waals surface area contributed by atoms with E-state index in [4.69, 9.17) is 11.6 Å². The molecule has 0 saturated heterocycles. The quantitative estimate of drug-likeness (QED) is 0.907. The van der Waals surface area contributed by atoms with Gasteiger partial charge in [-0.15, -0.1) is 0 Å². The van der Waals surface area contributed by atoms with Crippen molar-refractivity contribution in [2.75, 3.05) is 5.32 Å². The number of amides is 1. The summed E-state index contributed by atoms with van der Waals surface area (Å²) < 4.78 is 0. The number of hydrogen-bond acceptors (Lipinski definition) is 2. The molecule has 0 bridgehead atoms. The van der Waals surface area contributed by atoms with Crippen molar-refractivity contribution >= 4 is 29.2 Å². The molecule has 2 rings (SSSR count). The highest BCUT2D eigenvalue weighted by atomic mass is 35.5. The van der Waals surface area contributed by atoms with Gasteiger partial charge in [-0.2, -0.15) is 0 Å². The molecule has 2 aromatic rings. The van der Waals surface area contributed by atoms with Gasteiger partial charge < -0.3 is 10.4 Å². The average molecular weight is 290 g/mol. The molecule has 2 N–H and O–H groups in total. The molecule has 5 heteroatoms. The molecule has 0 radical (unpaired) electrons. The lowest BCUT2D eigenvalue weighted by Gasteiger charge is -2.10. The summed E-state index contributed by atoms with van der Waals surface area (Å²) in [4.78, 5) is 23.3. The molecule has 102 valence electrons. The van der Waals surface area contributed by atoms with Crippen molar-refractivity contribution in [2.45, 2.75) is 6.92 Å². The van der Waals surface area contributed by atoms with Crippen LogP contribution in [0.25, 0.3) is 0 Å². The predicted octanol–water partition coefficient (Wildman–Crippen LogP) is 3.60. The Kier molecular flexibility index (Phi) is 4.05. The van der Waals surface area contributed by atoms with Gasteiger partial charge in [-0.3, -0.25) is 4.79 Å². The molecule has 0 aliphatic rings. The lowest BCUT2D eigenvalue weighted by atomic mass is 10.1. The zero-order valence-corrected chi connectivity index (χ0v) is 11.4. The second-order valence-corrected chi connectivity index (χ2v) is 4.70. The Hall–Kier alpha value is -2.33. The summed E-state index contributed by atoms with van der Waals surface area (Å²) >= 11 is 5.82. The molecule has 0 unspecified atom stereocenters. The van der Waals surface area contributed by atoms with E-state index < -0.39 is 11.9 Å². The van der Waals surface area contributed by atoms with E-state index in [1.807, 2.05) is 0 Å². The van der Waals surface area contributed by atoms with Crippen molar-refractivity contribution in [3.05, 3.63) is 64.2 Å². The zero-order valence-electron chi connectivity index (χ0n) is 10.7. The first-order valence-electron chi connectivity index (χ1n) is 5.89. The third-order valence-electron chi connectivity index (χ3n) is 2.82. The van der Waals surface area contributed by atoms with E-state index in [0.29, 0.717) is 16.1 Å². The van der Waals surface area contributed by atoms with E-state index in [-0.39, 0.29) is 11.3 Å². The van der Waals surface area contributed by atoms with Gasteiger partial charge in [0.25, 0.3) is 5.91 Å². The van der Waals surface area contributed by atoms with E-state index in [2.05, 4.69) is 5.32 Å². The number of carbonyl (C=O) groups excluding carboxylic acids is 1. The molecule has 0 spiro atoms. The summed E-state index contributed by atoms with van der Waals surface area (Å²) in [5.41, 5.74) is 1.31. The first kappa shape index (κ1) is 14.1. The van der Waals surface area contributed by atoms with Crippen LogP contribution in [0.5, 0.6) is 0 Å². The summed E-state index contributed by atoms with van der Waals surface area (Å²) in [6, 6.07) is 11.4. The number of carboxylic acids is 1. The van der Waals surface area contributed by atoms with Crippen LogP contribution in [0.1, 0.15) is 26.3 Å². The molecule has 0 aliphatic heterocycles. The first-order valence-corrected chi connectivity index (χ1v) is 6.26. The van der Waals surface area contributed by atoms with Crippen molar-refractivity contribution in [1.82, 2.24) is 0 Å². The van der Waals surface area contributed by atoms with Gasteiger partial charge in [-0.1, -0.05) is 29.8 Å². The standard InChI is InChI=1S/C15H12ClNO3/c1-9-4-2-7-12(13(9)15(19)20)17-14(18)10-5-3-6-11(16)8-10/h2-8H,1H3,(H,17,18)(H,19,20). The van der Waals surface area contributed by atoms with Crippen LogP contribution in [0, 0.1) is 6.92 Å². The Morgan fingerprint density at radius 1 is 1.15 bits per heavy atom. The molecule has 2 aromatic carbocycles. The number of rotatable bonds is 3. The Morgan fingerprint density at radius 2 is 1.85 bits per heavy atom. The predicted molar refractivity (Wildman–Crippen MR) is 77.5 cm³/mol. The maximum absolute atomic E-state index is 12.1. The van der Waals surface area contributed by atoms with Crippen LogP contribution in [0.2, 0.25) is 5.02 Å². The minimum absolute atomic E-state index is 0.0860. The second kappa shape index (κ2) is 5.75. The number of nitrogens with one attached hydrogen (secondary N) is 1. The monoisotopic (exact) mass is 289 g/mol. The Morgan fingerprint density at radius 3 is 2.50 bits per heavy atom. The maximum atomic E-state index is 12.1. The number of halogens is 1. The molecule has 0 aromatic heterocycles. The maximum Gasteiger partial charge on any atom is 0.338 e. The van der Waals surface area contributed by atoms with E-state index >= 15 is 0 Å². The molecular weight excluding hydrogens is 278 g/mol. The molecule has 1 amide bonds. The van der Waals surface area contributed by atoms with Crippen molar-refractivity contribution in [3.8, 4) is 0 Å². The number of hydrogen-bond donors (Lipinski definition) is 2. The third kappa shape index (κ3) is 2.97. The van der Waals surface area contributed by atoms with Gasteiger partial charge in [0, 0.05) is 10.6 Å². The van der Waals surface area contributed by atoms with Crippen LogP contribution in [-0.2, 0) is 0 Å². The van der Waals surface area contributed by atoms with E-state index in [0.717, 1.165) is 0 Å². The fourth-order valence-corrected chi connectivity index (χ4v) is 2.07. The number of aryl methyl sites for hydroxylation is 1. The number of aromatic carboxylic acids is 1. The fourth-order valence-electron chi connectivity index (χ4n) is 1.88. The number of carbonyl (C=O) groups is 2. The number of benzene rings is 2. The summed E-state index contributed by atoms with van der Waals surface area (Å²) in [5.74, 6) is -1.48. The van der Waals surface area contributed by atoms with Crippen molar-refractivity contribution < 1.29 is 14.7 Å². The molecule has 0 heterocycles. The highest BCUT2D eigenvalue weighted by Gasteiger charge is 2.15. The molecular formula is C15H12ClNO3. The molecule has 4 nitrogen and oxygen atoms in total. The topological polar surface area (TPSA) is 66.4 Å². The smallest absolute Gasteiger partial charge is 0.338 e. The van der Waals surface area contributed by atoms with Crippen LogP contribution in [0.4, 0.5) is 5.69 Å². The van der Waals surface area contributed by atoms with E-state index in [9.17, 15) is 14.7 Å². The summed E-state index contributed by atoms with van der Waals surface area (Å²) in [6.07, 6.45) is 0. The molecule has 0 aliphatic carbocycles. The van der Waals surface area contributed by atoms with Gasteiger partial charge in [0.15, 0.2) is 0 Å². The van der Waals surface area contributed by atoms with E-state index in [1.54, 1.807) is 43.3 Å². The van der Waals surface area contributed by atoms with Gasteiger partial charge in [0.1, 0.15) is 0 Å². The minimum atomic E-state index is -1.08. The molecule has 0 fully saturated rings. The van der Waals surface area contributed by atoms with Gasteiger partial charge in [0.2, 0.25) is 0 Å². The largest absolute Gasteiger partial charge is 0.478 e. The van der Waals surface area contributed by atoms with Crippen LogP contribution < -0.4 is 5.32 Å². The fraction of sp³-hybridized carbons (Fsp3) is 0.0667. The lowest BCUT2D eigenvalue weighted by Crippen LogP contribution is -2.15. The summed E-state index contributed by atoms with van der Waals surface area (Å²) in [6.45, 7) is 1.68. The van der Waals surface area contributed by atoms with Crippen molar-refractivity contribution in [1.29, 1.82) is 0 Å². The summed E-state index contributed by atoms with van der Waals surface area (Å²) in [5, 5.41) is 12.2. The summed E-state index contributed by atoms with van der Waals surface area (Å²) in [7, 11) is 0. The van der Waals surface area contributed by atoms with Crippen molar-refractivity contribution in [2.24, 2.45) is 0 Å². The van der Waals surface area contributed by atoms with Crippen LogP contribution in [0.3, 0.4) is 0 Å². The zero-order chi connectivity index (χ0) is 14.7. The third-order valence-corrected chi connectivity index (χ3v) is 3.06. The highest BCUT2D eigenvalue weighted by molar-refractivity contribution is 6.31. The second-order valence-electron chi connectivity index (χ2n) is 4.27. The van der Waals surface area contributed by atoms with Crippen LogP contribution in [-0.4, -0.2) is 17.0 Å². The number of carboxylic acid groups (broad SMARTS) is 1.